The predicted octanol–water partition coefficient (Wildman–Crippen LogP) is 2.11. The van der Waals surface area contributed by atoms with Crippen molar-refractivity contribution in [3.8, 4) is 11.5 Å². The first kappa shape index (κ1) is 22.3. The Balaban J connectivity index is 2.10. The minimum atomic E-state index is -1.12. The molecule has 29 heavy (non-hydrogen) atoms. The number of benzene rings is 1. The van der Waals surface area contributed by atoms with Gasteiger partial charge in [-0.3, -0.25) is 19.3 Å². The van der Waals surface area contributed by atoms with Gasteiger partial charge < -0.3 is 19.9 Å². The topological polar surface area (TPSA) is 122 Å². The number of carbonyl (C=O) groups excluding carboxylic acids is 3. The number of carbonyl (C=O) groups is 4. The summed E-state index contributed by atoms with van der Waals surface area (Å²) in [6.07, 6.45) is 3.25. The van der Waals surface area contributed by atoms with Crippen LogP contribution in [0.4, 0.5) is 4.79 Å². The molecule has 1 fully saturated rings. The van der Waals surface area contributed by atoms with Crippen molar-refractivity contribution in [2.75, 3.05) is 26.8 Å². The van der Waals surface area contributed by atoms with Crippen LogP contribution in [0.1, 0.15) is 25.3 Å². The van der Waals surface area contributed by atoms with Gasteiger partial charge in [0.2, 0.25) is 5.91 Å². The minimum absolute atomic E-state index is 0.178. The highest BCUT2D eigenvalue weighted by Gasteiger charge is 2.36. The van der Waals surface area contributed by atoms with Crippen LogP contribution in [0, 0.1) is 0 Å². The van der Waals surface area contributed by atoms with Gasteiger partial charge in [-0.25, -0.2) is 4.79 Å². The third kappa shape index (κ3) is 6.24. The van der Waals surface area contributed by atoms with Gasteiger partial charge in [-0.05, 0) is 42.0 Å². The van der Waals surface area contributed by atoms with Crippen LogP contribution in [0.25, 0.3) is 6.08 Å². The van der Waals surface area contributed by atoms with Gasteiger partial charge in [0.05, 0.1) is 12.0 Å². The lowest BCUT2D eigenvalue weighted by Crippen LogP contribution is -2.39. The average molecular weight is 422 g/mol. The molecule has 156 valence electrons. The lowest BCUT2D eigenvalue weighted by atomic mass is 10.2. The Bertz CT molecular complexity index is 838. The quantitative estimate of drug-likeness (QED) is 0.434. The van der Waals surface area contributed by atoms with Crippen molar-refractivity contribution >= 4 is 40.9 Å². The van der Waals surface area contributed by atoms with Gasteiger partial charge >= 0.3 is 5.97 Å². The van der Waals surface area contributed by atoms with E-state index >= 15 is 0 Å². The van der Waals surface area contributed by atoms with Gasteiger partial charge in [0.15, 0.2) is 18.1 Å². The molecule has 1 aromatic rings. The molecule has 10 heteroatoms. The number of nitrogens with zero attached hydrogens (tertiary/aromatic N) is 1. The fraction of sp³-hybridized carbons (Fsp3) is 0.368. The summed E-state index contributed by atoms with van der Waals surface area (Å²) in [5.41, 5.74) is 0.558. The zero-order valence-electron chi connectivity index (χ0n) is 16.1. The van der Waals surface area contributed by atoms with Crippen molar-refractivity contribution in [3.63, 3.8) is 0 Å². The molecule has 1 heterocycles. The van der Waals surface area contributed by atoms with Crippen molar-refractivity contribution in [1.29, 1.82) is 0 Å². The SMILES string of the molecule is CCCCNC(=O)CN1C(=O)S/C(=C\c2ccc(OCC(=O)O)c(OC)c2)C1=O. The largest absolute Gasteiger partial charge is 0.493 e. The smallest absolute Gasteiger partial charge is 0.341 e. The van der Waals surface area contributed by atoms with Crippen molar-refractivity contribution in [2.45, 2.75) is 19.8 Å². The third-order valence-electron chi connectivity index (χ3n) is 3.86. The molecular formula is C19H22N2O7S. The molecule has 1 aliphatic heterocycles. The Labute approximate surface area is 172 Å². The second kappa shape index (κ2) is 10.5. The van der Waals surface area contributed by atoms with E-state index in [-0.39, 0.29) is 28.9 Å². The van der Waals surface area contributed by atoms with Crippen LogP contribution in [0.5, 0.6) is 11.5 Å². The fourth-order valence-electron chi connectivity index (χ4n) is 2.42. The van der Waals surface area contributed by atoms with E-state index in [1.54, 1.807) is 12.1 Å². The molecule has 0 unspecified atom stereocenters. The zero-order valence-corrected chi connectivity index (χ0v) is 16.9. The molecular weight excluding hydrogens is 400 g/mol. The van der Waals surface area contributed by atoms with Gasteiger partial charge in [-0.15, -0.1) is 0 Å². The van der Waals surface area contributed by atoms with Gasteiger partial charge in [0.25, 0.3) is 11.1 Å². The second-order valence-corrected chi connectivity index (χ2v) is 7.06. The highest BCUT2D eigenvalue weighted by Crippen LogP contribution is 2.34. The number of carboxylic acids is 1. The molecule has 0 aliphatic carbocycles. The number of unbranched alkanes of at least 4 members (excludes halogenated alkanes) is 1. The van der Waals surface area contributed by atoms with Crippen LogP contribution in [-0.2, 0) is 14.4 Å². The molecule has 9 nitrogen and oxygen atoms in total. The van der Waals surface area contributed by atoms with E-state index < -0.39 is 23.7 Å². The zero-order chi connectivity index (χ0) is 21.4. The molecule has 0 atom stereocenters. The molecule has 2 rings (SSSR count). The van der Waals surface area contributed by atoms with Crippen molar-refractivity contribution in [1.82, 2.24) is 10.2 Å². The molecule has 0 saturated carbocycles. The normalized spacial score (nSPS) is 15.0. The van der Waals surface area contributed by atoms with Gasteiger partial charge in [-0.2, -0.15) is 0 Å². The summed E-state index contributed by atoms with van der Waals surface area (Å²) in [7, 11) is 1.40. The van der Waals surface area contributed by atoms with Crippen LogP contribution in [0.3, 0.4) is 0 Å². The first-order valence-electron chi connectivity index (χ1n) is 8.90. The Kier molecular flexibility index (Phi) is 8.08. The number of rotatable bonds is 10. The Morgan fingerprint density at radius 3 is 2.69 bits per heavy atom. The van der Waals surface area contributed by atoms with Crippen LogP contribution >= 0.6 is 11.8 Å². The van der Waals surface area contributed by atoms with Crippen LogP contribution < -0.4 is 14.8 Å². The summed E-state index contributed by atoms with van der Waals surface area (Å²) in [5, 5.41) is 10.9. The first-order chi connectivity index (χ1) is 13.8. The maximum absolute atomic E-state index is 12.5. The van der Waals surface area contributed by atoms with E-state index in [1.807, 2.05) is 6.92 Å². The Morgan fingerprint density at radius 2 is 2.03 bits per heavy atom. The minimum Gasteiger partial charge on any atom is -0.493 e. The number of carboxylic acid groups (broad SMARTS) is 1. The average Bonchev–Trinajstić information content (AvgIpc) is 2.94. The summed E-state index contributed by atoms with van der Waals surface area (Å²) in [5.74, 6) is -1.53. The summed E-state index contributed by atoms with van der Waals surface area (Å²) in [4.78, 5) is 48.2. The van der Waals surface area contributed by atoms with Crippen LogP contribution in [-0.4, -0.2) is 59.8 Å². The lowest BCUT2D eigenvalue weighted by Gasteiger charge is -2.12. The number of hydrogen-bond donors (Lipinski definition) is 2. The predicted molar refractivity (Wildman–Crippen MR) is 107 cm³/mol. The number of methoxy groups -OCH3 is 1. The number of imide groups is 1. The van der Waals surface area contributed by atoms with Crippen LogP contribution in [0.2, 0.25) is 0 Å². The Morgan fingerprint density at radius 1 is 1.28 bits per heavy atom. The summed E-state index contributed by atoms with van der Waals surface area (Å²) >= 11 is 0.748. The second-order valence-electron chi connectivity index (χ2n) is 6.06. The maximum Gasteiger partial charge on any atom is 0.341 e. The molecule has 1 saturated heterocycles. The third-order valence-corrected chi connectivity index (χ3v) is 4.77. The molecule has 2 N–H and O–H groups in total. The maximum atomic E-state index is 12.5. The number of aliphatic carboxylic acids is 1. The van der Waals surface area contributed by atoms with Crippen molar-refractivity contribution in [3.05, 3.63) is 28.7 Å². The lowest BCUT2D eigenvalue weighted by molar-refractivity contribution is -0.139. The highest BCUT2D eigenvalue weighted by molar-refractivity contribution is 8.18. The number of amides is 3. The summed E-state index contributed by atoms with van der Waals surface area (Å²) < 4.78 is 10.3. The number of thioether (sulfide) groups is 1. The molecule has 0 radical (unpaired) electrons. The van der Waals surface area contributed by atoms with Gasteiger partial charge in [-0.1, -0.05) is 19.4 Å². The van der Waals surface area contributed by atoms with E-state index in [0.717, 1.165) is 29.5 Å². The van der Waals surface area contributed by atoms with E-state index in [9.17, 15) is 19.2 Å². The van der Waals surface area contributed by atoms with E-state index in [4.69, 9.17) is 14.6 Å². The first-order valence-corrected chi connectivity index (χ1v) is 9.72. The van der Waals surface area contributed by atoms with E-state index in [2.05, 4.69) is 5.32 Å². The Hall–Kier alpha value is -3.01. The molecule has 1 aliphatic rings. The van der Waals surface area contributed by atoms with E-state index in [1.165, 1.54) is 19.3 Å². The monoisotopic (exact) mass is 422 g/mol. The van der Waals surface area contributed by atoms with Crippen LogP contribution in [0.15, 0.2) is 23.1 Å². The molecule has 0 aromatic heterocycles. The molecule has 3 amide bonds. The number of ether oxygens (including phenoxy) is 2. The van der Waals surface area contributed by atoms with Crippen molar-refractivity contribution < 1.29 is 33.8 Å². The molecule has 0 spiro atoms. The summed E-state index contributed by atoms with van der Waals surface area (Å²) in [6.45, 7) is 1.65. The molecule has 1 aromatic carbocycles. The van der Waals surface area contributed by atoms with Gasteiger partial charge in [0, 0.05) is 6.54 Å². The van der Waals surface area contributed by atoms with Crippen molar-refractivity contribution in [2.24, 2.45) is 0 Å². The fourth-order valence-corrected chi connectivity index (χ4v) is 3.26. The highest BCUT2D eigenvalue weighted by atomic mass is 32.2. The number of nitrogens with one attached hydrogen (secondary N) is 1. The summed E-state index contributed by atoms with van der Waals surface area (Å²) in [6, 6.07) is 4.67. The van der Waals surface area contributed by atoms with E-state index in [0.29, 0.717) is 12.1 Å². The van der Waals surface area contributed by atoms with Gasteiger partial charge in [0.1, 0.15) is 6.54 Å². The molecule has 0 bridgehead atoms. The number of hydrogen-bond acceptors (Lipinski definition) is 7. The standard InChI is InChI=1S/C19H22N2O7S/c1-3-4-7-20-16(22)10-21-18(25)15(29-19(21)26)9-12-5-6-13(14(8-12)27-2)28-11-17(23)24/h5-6,8-9H,3-4,7,10-11H2,1-2H3,(H,20,22)(H,23,24)/b15-9-.